The minimum Gasteiger partial charge on any atom is -0.480 e. The lowest BCUT2D eigenvalue weighted by Gasteiger charge is -2.14. The highest BCUT2D eigenvalue weighted by Crippen LogP contribution is 2.14. The monoisotopic (exact) mass is 269 g/mol. The summed E-state index contributed by atoms with van der Waals surface area (Å²) in [5, 5.41) is 11.8. The molecule has 1 unspecified atom stereocenters. The van der Waals surface area contributed by atoms with Crippen LogP contribution in [-0.2, 0) is 16.0 Å². The van der Waals surface area contributed by atoms with Gasteiger partial charge >= 0.3 is 5.97 Å². The number of benzene rings is 1. The van der Waals surface area contributed by atoms with Gasteiger partial charge in [0.2, 0.25) is 5.91 Å². The van der Waals surface area contributed by atoms with Crippen LogP contribution in [0.2, 0.25) is 5.02 Å². The largest absolute Gasteiger partial charge is 0.480 e. The summed E-state index contributed by atoms with van der Waals surface area (Å²) >= 11 is 5.86. The molecule has 0 aliphatic carbocycles. The molecule has 98 valence electrons. The van der Waals surface area contributed by atoms with Crippen LogP contribution in [0.3, 0.4) is 0 Å². The molecule has 2 atom stereocenters. The van der Waals surface area contributed by atoms with E-state index in [2.05, 4.69) is 5.32 Å². The molecule has 0 bridgehead atoms. The van der Waals surface area contributed by atoms with Crippen molar-refractivity contribution in [3.05, 3.63) is 34.9 Å². The Morgan fingerprint density at radius 1 is 1.39 bits per heavy atom. The van der Waals surface area contributed by atoms with Crippen molar-refractivity contribution in [2.45, 2.75) is 26.3 Å². The second-order valence-electron chi connectivity index (χ2n) is 4.30. The molecular weight excluding hydrogens is 254 g/mol. The molecule has 0 aromatic heterocycles. The van der Waals surface area contributed by atoms with Gasteiger partial charge in [0.1, 0.15) is 6.04 Å². The topological polar surface area (TPSA) is 66.4 Å². The predicted molar refractivity (Wildman–Crippen MR) is 69.6 cm³/mol. The minimum absolute atomic E-state index is 0.273. The SMILES string of the molecule is CC(Cc1cccc(Cl)c1)C(=O)N[C@@H](C)C(=O)O. The molecule has 0 heterocycles. The average Bonchev–Trinajstić information content (AvgIpc) is 2.28. The van der Waals surface area contributed by atoms with Gasteiger partial charge in [-0.3, -0.25) is 9.59 Å². The van der Waals surface area contributed by atoms with Crippen molar-refractivity contribution >= 4 is 23.5 Å². The van der Waals surface area contributed by atoms with Crippen LogP contribution in [0.15, 0.2) is 24.3 Å². The molecule has 0 aliphatic rings. The number of carboxylic acids is 1. The molecule has 4 nitrogen and oxygen atoms in total. The quantitative estimate of drug-likeness (QED) is 0.860. The summed E-state index contributed by atoms with van der Waals surface area (Å²) in [4.78, 5) is 22.4. The van der Waals surface area contributed by atoms with Gasteiger partial charge in [-0.15, -0.1) is 0 Å². The van der Waals surface area contributed by atoms with Crippen molar-refractivity contribution in [3.63, 3.8) is 0 Å². The fourth-order valence-electron chi connectivity index (χ4n) is 1.53. The minimum atomic E-state index is -1.04. The van der Waals surface area contributed by atoms with Gasteiger partial charge in [-0.25, -0.2) is 0 Å². The number of amides is 1. The molecule has 2 N–H and O–H groups in total. The smallest absolute Gasteiger partial charge is 0.325 e. The van der Waals surface area contributed by atoms with E-state index in [-0.39, 0.29) is 11.8 Å². The normalized spacial score (nSPS) is 13.7. The third-order valence-corrected chi connectivity index (χ3v) is 2.84. The third kappa shape index (κ3) is 4.37. The van der Waals surface area contributed by atoms with Crippen molar-refractivity contribution in [1.29, 1.82) is 0 Å². The van der Waals surface area contributed by atoms with E-state index in [1.807, 2.05) is 12.1 Å². The molecule has 18 heavy (non-hydrogen) atoms. The molecule has 0 radical (unpaired) electrons. The maximum atomic E-state index is 11.7. The fourth-order valence-corrected chi connectivity index (χ4v) is 1.74. The first-order chi connectivity index (χ1) is 8.40. The van der Waals surface area contributed by atoms with Crippen molar-refractivity contribution < 1.29 is 14.7 Å². The summed E-state index contributed by atoms with van der Waals surface area (Å²) in [6, 6.07) is 6.39. The Morgan fingerprint density at radius 2 is 2.06 bits per heavy atom. The van der Waals surface area contributed by atoms with Gasteiger partial charge in [0.25, 0.3) is 0 Å². The number of aliphatic carboxylic acids is 1. The summed E-state index contributed by atoms with van der Waals surface area (Å²) in [5.41, 5.74) is 0.952. The standard InChI is InChI=1S/C13H16ClNO3/c1-8(12(16)15-9(2)13(17)18)6-10-4-3-5-11(14)7-10/h3-5,7-9H,6H2,1-2H3,(H,15,16)(H,17,18)/t8?,9-/m0/s1. The highest BCUT2D eigenvalue weighted by molar-refractivity contribution is 6.30. The number of halogens is 1. The molecule has 0 aliphatic heterocycles. The van der Waals surface area contributed by atoms with Crippen molar-refractivity contribution in [2.75, 3.05) is 0 Å². The van der Waals surface area contributed by atoms with E-state index in [0.717, 1.165) is 5.56 Å². The zero-order valence-electron chi connectivity index (χ0n) is 10.3. The number of carbonyl (C=O) groups is 2. The first-order valence-electron chi connectivity index (χ1n) is 5.67. The maximum Gasteiger partial charge on any atom is 0.325 e. The van der Waals surface area contributed by atoms with Gasteiger partial charge in [-0.1, -0.05) is 30.7 Å². The van der Waals surface area contributed by atoms with Gasteiger partial charge in [0.05, 0.1) is 0 Å². The second-order valence-corrected chi connectivity index (χ2v) is 4.74. The van der Waals surface area contributed by atoms with E-state index < -0.39 is 12.0 Å². The van der Waals surface area contributed by atoms with E-state index in [9.17, 15) is 9.59 Å². The summed E-state index contributed by atoms with van der Waals surface area (Å²) in [5.74, 6) is -1.62. The summed E-state index contributed by atoms with van der Waals surface area (Å²) in [6.07, 6.45) is 0.527. The predicted octanol–water partition coefficient (Wildman–Crippen LogP) is 2.11. The Balaban J connectivity index is 2.57. The van der Waals surface area contributed by atoms with Gasteiger partial charge in [0, 0.05) is 10.9 Å². The molecule has 0 fully saturated rings. The van der Waals surface area contributed by atoms with Crippen LogP contribution in [0.1, 0.15) is 19.4 Å². The number of hydrogen-bond acceptors (Lipinski definition) is 2. The molecule has 0 saturated heterocycles. The highest BCUT2D eigenvalue weighted by atomic mass is 35.5. The zero-order chi connectivity index (χ0) is 13.7. The Morgan fingerprint density at radius 3 is 2.61 bits per heavy atom. The lowest BCUT2D eigenvalue weighted by atomic mass is 10.00. The number of nitrogens with one attached hydrogen (secondary N) is 1. The Labute approximate surface area is 111 Å². The maximum absolute atomic E-state index is 11.7. The van der Waals surface area contributed by atoms with Crippen LogP contribution in [0.5, 0.6) is 0 Å². The van der Waals surface area contributed by atoms with Gasteiger partial charge in [0.15, 0.2) is 0 Å². The van der Waals surface area contributed by atoms with Crippen molar-refractivity contribution in [3.8, 4) is 0 Å². The molecule has 1 amide bonds. The van der Waals surface area contributed by atoms with Crippen molar-refractivity contribution in [2.24, 2.45) is 5.92 Å². The van der Waals surface area contributed by atoms with Crippen LogP contribution in [0.25, 0.3) is 0 Å². The van der Waals surface area contributed by atoms with Gasteiger partial charge in [-0.05, 0) is 31.0 Å². The zero-order valence-corrected chi connectivity index (χ0v) is 11.1. The molecule has 0 spiro atoms. The Bertz CT molecular complexity index is 448. The number of carboxylic acid groups (broad SMARTS) is 1. The molecular formula is C13H16ClNO3. The van der Waals surface area contributed by atoms with Crippen LogP contribution in [-0.4, -0.2) is 23.0 Å². The van der Waals surface area contributed by atoms with Crippen LogP contribution < -0.4 is 5.32 Å². The second kappa shape index (κ2) is 6.40. The number of carbonyl (C=O) groups excluding carboxylic acids is 1. The summed E-state index contributed by atoms with van der Waals surface area (Å²) in [7, 11) is 0. The third-order valence-electron chi connectivity index (χ3n) is 2.61. The highest BCUT2D eigenvalue weighted by Gasteiger charge is 2.19. The lowest BCUT2D eigenvalue weighted by Crippen LogP contribution is -2.41. The van der Waals surface area contributed by atoms with Crippen LogP contribution in [0.4, 0.5) is 0 Å². The number of hydrogen-bond donors (Lipinski definition) is 2. The fraction of sp³-hybridized carbons (Fsp3) is 0.385. The summed E-state index contributed by atoms with van der Waals surface area (Å²) in [6.45, 7) is 3.19. The average molecular weight is 270 g/mol. The first kappa shape index (κ1) is 14.5. The molecule has 1 aromatic carbocycles. The first-order valence-corrected chi connectivity index (χ1v) is 6.05. The molecule has 1 aromatic rings. The lowest BCUT2D eigenvalue weighted by molar-refractivity contribution is -0.141. The van der Waals surface area contributed by atoms with E-state index in [0.29, 0.717) is 11.4 Å². The van der Waals surface area contributed by atoms with E-state index >= 15 is 0 Å². The van der Waals surface area contributed by atoms with Crippen molar-refractivity contribution in [1.82, 2.24) is 5.32 Å². The van der Waals surface area contributed by atoms with Gasteiger partial charge in [-0.2, -0.15) is 0 Å². The van der Waals surface area contributed by atoms with Crippen LogP contribution >= 0.6 is 11.6 Å². The molecule has 1 rings (SSSR count). The number of rotatable bonds is 5. The molecule has 0 saturated carbocycles. The summed E-state index contributed by atoms with van der Waals surface area (Å²) < 4.78 is 0. The van der Waals surface area contributed by atoms with E-state index in [4.69, 9.17) is 16.7 Å². The van der Waals surface area contributed by atoms with E-state index in [1.165, 1.54) is 6.92 Å². The Kier molecular flexibility index (Phi) is 5.16. The Hall–Kier alpha value is -1.55. The van der Waals surface area contributed by atoms with E-state index in [1.54, 1.807) is 19.1 Å². The van der Waals surface area contributed by atoms with Gasteiger partial charge < -0.3 is 10.4 Å². The molecule has 5 heteroatoms. The van der Waals surface area contributed by atoms with Crippen LogP contribution in [0, 0.1) is 5.92 Å².